The zero-order chi connectivity index (χ0) is 21.7. The van der Waals surface area contributed by atoms with Crippen LogP contribution in [0.2, 0.25) is 0 Å². The average Bonchev–Trinajstić information content (AvgIpc) is 2.67. The molecule has 0 bridgehead atoms. The van der Waals surface area contributed by atoms with Crippen LogP contribution < -0.4 is 10.2 Å². The topological polar surface area (TPSA) is 88.0 Å². The number of carbonyl (C=O) groups excluding carboxylic acids is 1. The first-order valence-corrected chi connectivity index (χ1v) is 10.0. The number of hydrogen-bond donors (Lipinski definition) is 1. The molecule has 0 atom stereocenters. The van der Waals surface area contributed by atoms with Crippen LogP contribution in [0, 0.1) is 10.1 Å². The molecule has 0 aromatic heterocycles. The summed E-state index contributed by atoms with van der Waals surface area (Å²) in [6, 6.07) is 14.4. The first kappa shape index (κ1) is 21.6. The van der Waals surface area contributed by atoms with E-state index in [0.717, 1.165) is 37.6 Å². The molecule has 0 aliphatic carbocycles. The molecule has 2 aromatic carbocycles. The number of ether oxygens (including phenoxy) is 1. The maximum atomic E-state index is 12.0. The zero-order valence-corrected chi connectivity index (χ0v) is 17.6. The fraction of sp³-hybridized carbons (Fsp3) is 0.409. The Morgan fingerprint density at radius 3 is 2.47 bits per heavy atom. The highest BCUT2D eigenvalue weighted by atomic mass is 16.6. The van der Waals surface area contributed by atoms with Crippen LogP contribution in [0.4, 0.5) is 22.7 Å². The first-order chi connectivity index (χ1) is 14.2. The predicted octanol–water partition coefficient (Wildman–Crippen LogP) is 3.80. The van der Waals surface area contributed by atoms with Crippen molar-refractivity contribution in [3.8, 4) is 0 Å². The van der Waals surface area contributed by atoms with Crippen LogP contribution in [-0.2, 0) is 9.53 Å². The number of carbonyl (C=O) groups is 1. The average molecular weight is 412 g/mol. The van der Waals surface area contributed by atoms with Crippen LogP contribution in [0.25, 0.3) is 0 Å². The Kier molecular flexibility index (Phi) is 6.56. The van der Waals surface area contributed by atoms with Gasteiger partial charge in [0.15, 0.2) is 0 Å². The Morgan fingerprint density at radius 1 is 1.10 bits per heavy atom. The van der Waals surface area contributed by atoms with Crippen LogP contribution >= 0.6 is 0 Å². The molecule has 0 unspecified atom stereocenters. The lowest BCUT2D eigenvalue weighted by Crippen LogP contribution is -2.48. The van der Waals surface area contributed by atoms with Gasteiger partial charge in [0.2, 0.25) is 0 Å². The number of anilines is 3. The lowest BCUT2D eigenvalue weighted by Gasteiger charge is -2.36. The van der Waals surface area contributed by atoms with Gasteiger partial charge in [-0.25, -0.2) is 0 Å². The molecule has 8 nitrogen and oxygen atoms in total. The van der Waals surface area contributed by atoms with Crippen molar-refractivity contribution in [2.75, 3.05) is 42.9 Å². The third-order valence-corrected chi connectivity index (χ3v) is 4.74. The van der Waals surface area contributed by atoms with E-state index in [-0.39, 0.29) is 11.7 Å². The molecule has 2 aromatic rings. The number of piperazine rings is 1. The minimum atomic E-state index is -0.472. The second-order valence-corrected chi connectivity index (χ2v) is 8.30. The van der Waals surface area contributed by atoms with Gasteiger partial charge in [0, 0.05) is 43.6 Å². The van der Waals surface area contributed by atoms with E-state index in [0.29, 0.717) is 12.2 Å². The second-order valence-electron chi connectivity index (χ2n) is 8.30. The molecule has 1 fully saturated rings. The highest BCUT2D eigenvalue weighted by Gasteiger charge is 2.23. The predicted molar refractivity (Wildman–Crippen MR) is 117 cm³/mol. The summed E-state index contributed by atoms with van der Waals surface area (Å²) >= 11 is 0. The third kappa shape index (κ3) is 5.93. The van der Waals surface area contributed by atoms with E-state index in [9.17, 15) is 14.9 Å². The smallest absolute Gasteiger partial charge is 0.320 e. The monoisotopic (exact) mass is 412 g/mol. The second kappa shape index (κ2) is 9.13. The van der Waals surface area contributed by atoms with Crippen LogP contribution in [0.1, 0.15) is 20.8 Å². The minimum Gasteiger partial charge on any atom is -0.459 e. The van der Waals surface area contributed by atoms with Crippen molar-refractivity contribution < 1.29 is 14.5 Å². The fourth-order valence-corrected chi connectivity index (χ4v) is 3.39. The summed E-state index contributed by atoms with van der Waals surface area (Å²) in [5.74, 6) is -0.202. The van der Waals surface area contributed by atoms with Gasteiger partial charge in [0.25, 0.3) is 5.69 Å². The summed E-state index contributed by atoms with van der Waals surface area (Å²) in [6.45, 7) is 9.01. The number of nitro benzene ring substituents is 1. The normalized spacial score (nSPS) is 15.0. The number of benzene rings is 2. The molecule has 8 heteroatoms. The molecule has 1 aliphatic rings. The van der Waals surface area contributed by atoms with Crippen molar-refractivity contribution in [3.63, 3.8) is 0 Å². The van der Waals surface area contributed by atoms with E-state index in [1.54, 1.807) is 18.2 Å². The first-order valence-electron chi connectivity index (χ1n) is 10.0. The molecule has 1 heterocycles. The molecule has 0 spiro atoms. The van der Waals surface area contributed by atoms with E-state index < -0.39 is 10.5 Å². The third-order valence-electron chi connectivity index (χ3n) is 4.74. The standard InChI is InChI=1S/C22H28N4O4/c1-22(2,3)30-21(27)16-24-11-13-25(14-12-24)18-8-6-7-17(15-18)23-19-9-4-5-10-20(19)26(28)29/h4-10,15,23H,11-14,16H2,1-3H3. The van der Waals surface area contributed by atoms with Gasteiger partial charge in [-0.05, 0) is 45.0 Å². The molecule has 3 rings (SSSR count). The lowest BCUT2D eigenvalue weighted by molar-refractivity contribution is -0.383. The Balaban J connectivity index is 1.60. The van der Waals surface area contributed by atoms with Gasteiger partial charge in [0.05, 0.1) is 11.5 Å². The zero-order valence-electron chi connectivity index (χ0n) is 17.6. The van der Waals surface area contributed by atoms with Gasteiger partial charge < -0.3 is 15.0 Å². The van der Waals surface area contributed by atoms with Gasteiger partial charge in [0.1, 0.15) is 11.3 Å². The van der Waals surface area contributed by atoms with E-state index in [2.05, 4.69) is 15.1 Å². The van der Waals surface area contributed by atoms with Crippen LogP contribution in [0.5, 0.6) is 0 Å². The molecule has 0 radical (unpaired) electrons. The Morgan fingerprint density at radius 2 is 1.80 bits per heavy atom. The van der Waals surface area contributed by atoms with Gasteiger partial charge in [-0.3, -0.25) is 19.8 Å². The Bertz CT molecular complexity index is 902. The Hall–Kier alpha value is -3.13. The number of esters is 1. The van der Waals surface area contributed by atoms with Crippen molar-refractivity contribution in [1.29, 1.82) is 0 Å². The number of nitrogens with zero attached hydrogens (tertiary/aromatic N) is 3. The van der Waals surface area contributed by atoms with Crippen molar-refractivity contribution in [2.24, 2.45) is 0 Å². The molecule has 0 saturated carbocycles. The molecular weight excluding hydrogens is 384 g/mol. The summed E-state index contributed by atoms with van der Waals surface area (Å²) in [5.41, 5.74) is 1.86. The largest absolute Gasteiger partial charge is 0.459 e. The number of rotatable bonds is 6. The Labute approximate surface area is 176 Å². The van der Waals surface area contributed by atoms with E-state index in [1.165, 1.54) is 6.07 Å². The van der Waals surface area contributed by atoms with E-state index in [4.69, 9.17) is 4.74 Å². The van der Waals surface area contributed by atoms with Gasteiger partial charge in [-0.1, -0.05) is 18.2 Å². The minimum absolute atomic E-state index is 0.0404. The molecule has 0 amide bonds. The van der Waals surface area contributed by atoms with Crippen molar-refractivity contribution in [1.82, 2.24) is 4.90 Å². The van der Waals surface area contributed by atoms with Gasteiger partial charge in [-0.2, -0.15) is 0 Å². The van der Waals surface area contributed by atoms with Gasteiger partial charge in [-0.15, -0.1) is 0 Å². The summed E-state index contributed by atoms with van der Waals surface area (Å²) in [5, 5.41) is 14.4. The number of nitro groups is 1. The lowest BCUT2D eigenvalue weighted by atomic mass is 10.2. The quantitative estimate of drug-likeness (QED) is 0.439. The molecular formula is C22H28N4O4. The van der Waals surface area contributed by atoms with E-state index in [1.807, 2.05) is 45.0 Å². The van der Waals surface area contributed by atoms with Crippen molar-refractivity contribution in [2.45, 2.75) is 26.4 Å². The van der Waals surface area contributed by atoms with E-state index >= 15 is 0 Å². The summed E-state index contributed by atoms with van der Waals surface area (Å²) < 4.78 is 5.40. The molecule has 1 N–H and O–H groups in total. The van der Waals surface area contributed by atoms with Crippen LogP contribution in [0.3, 0.4) is 0 Å². The van der Waals surface area contributed by atoms with Crippen LogP contribution in [0.15, 0.2) is 48.5 Å². The number of hydrogen-bond acceptors (Lipinski definition) is 7. The molecule has 1 saturated heterocycles. The molecule has 1 aliphatic heterocycles. The highest BCUT2D eigenvalue weighted by Crippen LogP contribution is 2.29. The van der Waals surface area contributed by atoms with Gasteiger partial charge >= 0.3 is 5.97 Å². The fourth-order valence-electron chi connectivity index (χ4n) is 3.39. The van der Waals surface area contributed by atoms with Crippen molar-refractivity contribution >= 4 is 28.7 Å². The highest BCUT2D eigenvalue weighted by molar-refractivity contribution is 5.73. The molecule has 160 valence electrons. The maximum Gasteiger partial charge on any atom is 0.320 e. The number of para-hydroxylation sites is 2. The van der Waals surface area contributed by atoms with Crippen molar-refractivity contribution in [3.05, 3.63) is 58.6 Å². The number of nitrogens with one attached hydrogen (secondary N) is 1. The summed E-state index contributed by atoms with van der Waals surface area (Å²) in [7, 11) is 0. The maximum absolute atomic E-state index is 12.0. The molecule has 30 heavy (non-hydrogen) atoms. The SMILES string of the molecule is CC(C)(C)OC(=O)CN1CCN(c2cccc(Nc3ccccc3[N+](=O)[O-])c2)CC1. The van der Waals surface area contributed by atoms with Crippen LogP contribution in [-0.4, -0.2) is 54.1 Å². The summed E-state index contributed by atoms with van der Waals surface area (Å²) in [6.07, 6.45) is 0. The summed E-state index contributed by atoms with van der Waals surface area (Å²) in [4.78, 5) is 27.2.